The fourth-order valence-corrected chi connectivity index (χ4v) is 2.86. The van der Waals surface area contributed by atoms with Crippen LogP contribution in [0.4, 0.5) is 0 Å². The maximum absolute atomic E-state index is 11.9. The van der Waals surface area contributed by atoms with Crippen LogP contribution in [-0.4, -0.2) is 38.7 Å². The van der Waals surface area contributed by atoms with Crippen molar-refractivity contribution in [2.75, 3.05) is 12.8 Å². The van der Waals surface area contributed by atoms with Gasteiger partial charge in [0.05, 0.1) is 25.1 Å². The van der Waals surface area contributed by atoms with E-state index >= 15 is 0 Å². The van der Waals surface area contributed by atoms with Gasteiger partial charge in [-0.2, -0.15) is 0 Å². The van der Waals surface area contributed by atoms with Gasteiger partial charge in [-0.25, -0.2) is 13.1 Å². The Hall–Kier alpha value is -1.38. The summed E-state index contributed by atoms with van der Waals surface area (Å²) >= 11 is 0. The van der Waals surface area contributed by atoms with Crippen molar-refractivity contribution in [3.63, 3.8) is 0 Å². The molecule has 8 heteroatoms. The lowest BCUT2D eigenvalue weighted by atomic mass is 10.1. The second-order valence-corrected chi connectivity index (χ2v) is 7.41. The number of carbonyl (C=O) groups excluding carboxylic acids is 1. The average molecular weight is 317 g/mol. The molecule has 1 aromatic rings. The van der Waals surface area contributed by atoms with E-state index in [1.54, 1.807) is 39.2 Å². The highest BCUT2D eigenvalue weighted by atomic mass is 32.2. The molecule has 0 bridgehead atoms. The van der Waals surface area contributed by atoms with Crippen LogP contribution >= 0.6 is 0 Å². The Labute approximate surface area is 125 Å². The van der Waals surface area contributed by atoms with Gasteiger partial charge in [0, 0.05) is 12.1 Å². The number of hydrogen-bond donors (Lipinski definition) is 3. The van der Waals surface area contributed by atoms with Crippen LogP contribution in [0.25, 0.3) is 0 Å². The van der Waals surface area contributed by atoms with Gasteiger partial charge < -0.3 is 15.1 Å². The van der Waals surface area contributed by atoms with Crippen LogP contribution in [0, 0.1) is 0 Å². The Morgan fingerprint density at radius 1 is 1.43 bits per heavy atom. The minimum absolute atomic E-state index is 0.179. The number of hydrogen-bond acceptors (Lipinski definition) is 5. The third-order valence-corrected chi connectivity index (χ3v) is 3.65. The number of nitrogens with one attached hydrogen (secondary N) is 3. The van der Waals surface area contributed by atoms with Crippen molar-refractivity contribution in [2.24, 2.45) is 0 Å². The van der Waals surface area contributed by atoms with Crippen molar-refractivity contribution in [1.29, 1.82) is 0 Å². The van der Waals surface area contributed by atoms with Crippen LogP contribution in [0.1, 0.15) is 26.5 Å². The number of rotatable bonds is 8. The quantitative estimate of drug-likeness (QED) is 0.636. The van der Waals surface area contributed by atoms with Crippen molar-refractivity contribution in [2.45, 2.75) is 38.9 Å². The van der Waals surface area contributed by atoms with Gasteiger partial charge in [-0.15, -0.1) is 0 Å². The third-order valence-electron chi connectivity index (χ3n) is 2.72. The molecule has 0 aliphatic carbocycles. The van der Waals surface area contributed by atoms with Gasteiger partial charge in [0.2, 0.25) is 15.9 Å². The SMILES string of the molecule is CC(NCC(C)(C)NS(C)(=O)=O)C(=O)NCc1ccco1. The zero-order valence-corrected chi connectivity index (χ0v) is 13.6. The molecule has 120 valence electrons. The summed E-state index contributed by atoms with van der Waals surface area (Å²) in [6.07, 6.45) is 2.65. The molecular formula is C13H23N3O4S. The lowest BCUT2D eigenvalue weighted by Gasteiger charge is -2.27. The smallest absolute Gasteiger partial charge is 0.237 e. The molecule has 0 saturated heterocycles. The highest BCUT2D eigenvalue weighted by Gasteiger charge is 2.23. The lowest BCUT2D eigenvalue weighted by Crippen LogP contribution is -2.53. The zero-order valence-electron chi connectivity index (χ0n) is 12.8. The molecule has 1 amide bonds. The molecule has 1 aromatic heterocycles. The van der Waals surface area contributed by atoms with Gasteiger partial charge in [-0.05, 0) is 32.9 Å². The number of sulfonamides is 1. The summed E-state index contributed by atoms with van der Waals surface area (Å²) in [5.41, 5.74) is -0.677. The maximum atomic E-state index is 11.9. The number of amides is 1. The Bertz CT molecular complexity index is 552. The van der Waals surface area contributed by atoms with Crippen LogP contribution in [0.5, 0.6) is 0 Å². The topological polar surface area (TPSA) is 100 Å². The standard InChI is InChI=1S/C13H23N3O4S/c1-10(12(17)14-8-11-6-5-7-20-11)15-9-13(2,3)16-21(4,18)19/h5-7,10,15-16H,8-9H2,1-4H3,(H,14,17). The Morgan fingerprint density at radius 3 is 2.62 bits per heavy atom. The molecule has 0 saturated carbocycles. The normalized spacial score (nSPS) is 13.9. The summed E-state index contributed by atoms with van der Waals surface area (Å²) in [5, 5.41) is 5.74. The summed E-state index contributed by atoms with van der Waals surface area (Å²) in [6, 6.07) is 3.08. The molecule has 3 N–H and O–H groups in total. The van der Waals surface area contributed by atoms with E-state index in [0.29, 0.717) is 18.8 Å². The molecule has 0 aliphatic heterocycles. The minimum Gasteiger partial charge on any atom is -0.467 e. The molecule has 0 fully saturated rings. The van der Waals surface area contributed by atoms with Crippen LogP contribution < -0.4 is 15.4 Å². The van der Waals surface area contributed by atoms with Gasteiger partial charge in [0.25, 0.3) is 0 Å². The van der Waals surface area contributed by atoms with E-state index in [9.17, 15) is 13.2 Å². The molecule has 0 radical (unpaired) electrons. The maximum Gasteiger partial charge on any atom is 0.237 e. The van der Waals surface area contributed by atoms with Gasteiger partial charge in [-0.3, -0.25) is 4.79 Å². The van der Waals surface area contributed by atoms with Gasteiger partial charge in [-0.1, -0.05) is 0 Å². The van der Waals surface area contributed by atoms with Crippen molar-refractivity contribution >= 4 is 15.9 Å². The first kappa shape index (κ1) is 17.7. The van der Waals surface area contributed by atoms with Crippen molar-refractivity contribution in [3.8, 4) is 0 Å². The lowest BCUT2D eigenvalue weighted by molar-refractivity contribution is -0.123. The highest BCUT2D eigenvalue weighted by Crippen LogP contribution is 2.03. The molecule has 21 heavy (non-hydrogen) atoms. The van der Waals surface area contributed by atoms with E-state index in [2.05, 4.69) is 15.4 Å². The van der Waals surface area contributed by atoms with Crippen LogP contribution in [0.15, 0.2) is 22.8 Å². The van der Waals surface area contributed by atoms with E-state index in [4.69, 9.17) is 4.42 Å². The first-order valence-corrected chi connectivity index (χ1v) is 8.51. The molecular weight excluding hydrogens is 294 g/mol. The minimum atomic E-state index is -3.29. The Kier molecular flexibility index (Phi) is 5.94. The zero-order chi connectivity index (χ0) is 16.1. The van der Waals surface area contributed by atoms with Crippen LogP contribution in [0.3, 0.4) is 0 Å². The molecule has 0 aromatic carbocycles. The van der Waals surface area contributed by atoms with Gasteiger partial charge in [0.1, 0.15) is 5.76 Å². The predicted octanol–water partition coefficient (Wildman–Crippen LogP) is 0.202. The summed E-state index contributed by atoms with van der Waals surface area (Å²) in [4.78, 5) is 11.9. The molecule has 1 unspecified atom stereocenters. The summed E-state index contributed by atoms with van der Waals surface area (Å²) in [6.45, 7) is 5.86. The average Bonchev–Trinajstić information content (AvgIpc) is 2.83. The number of carbonyl (C=O) groups is 1. The second-order valence-electron chi connectivity index (χ2n) is 5.66. The van der Waals surface area contributed by atoms with Crippen LogP contribution in [0.2, 0.25) is 0 Å². The van der Waals surface area contributed by atoms with E-state index in [1.165, 1.54) is 0 Å². The van der Waals surface area contributed by atoms with Gasteiger partial charge >= 0.3 is 0 Å². The fraction of sp³-hybridized carbons (Fsp3) is 0.615. The van der Waals surface area contributed by atoms with Gasteiger partial charge in [0.15, 0.2) is 0 Å². The first-order valence-electron chi connectivity index (χ1n) is 6.61. The summed E-state index contributed by atoms with van der Waals surface area (Å²) < 4.78 is 30.1. The first-order chi connectivity index (χ1) is 9.59. The van der Waals surface area contributed by atoms with E-state index in [1.807, 2.05) is 0 Å². The Morgan fingerprint density at radius 2 is 2.10 bits per heavy atom. The monoisotopic (exact) mass is 317 g/mol. The highest BCUT2D eigenvalue weighted by molar-refractivity contribution is 7.88. The molecule has 1 atom stereocenters. The molecule has 1 heterocycles. The molecule has 0 aliphatic rings. The second kappa shape index (κ2) is 7.06. The molecule has 7 nitrogen and oxygen atoms in total. The van der Waals surface area contributed by atoms with E-state index in [-0.39, 0.29) is 5.91 Å². The largest absolute Gasteiger partial charge is 0.467 e. The summed E-state index contributed by atoms with van der Waals surface area (Å²) in [5.74, 6) is 0.496. The van der Waals surface area contributed by atoms with Crippen molar-refractivity contribution < 1.29 is 17.6 Å². The van der Waals surface area contributed by atoms with Crippen LogP contribution in [-0.2, 0) is 21.4 Å². The predicted molar refractivity (Wildman–Crippen MR) is 80.1 cm³/mol. The fourth-order valence-electron chi connectivity index (χ4n) is 1.78. The summed E-state index contributed by atoms with van der Waals surface area (Å²) in [7, 11) is -3.29. The molecule has 1 rings (SSSR count). The third kappa shape index (κ3) is 7.26. The van der Waals surface area contributed by atoms with Crippen molar-refractivity contribution in [3.05, 3.63) is 24.2 Å². The number of furan rings is 1. The molecule has 0 spiro atoms. The van der Waals surface area contributed by atoms with E-state index in [0.717, 1.165) is 6.26 Å². The van der Waals surface area contributed by atoms with E-state index < -0.39 is 21.6 Å². The van der Waals surface area contributed by atoms with Crippen molar-refractivity contribution in [1.82, 2.24) is 15.4 Å². The Balaban J connectivity index is 2.38.